The van der Waals surface area contributed by atoms with Crippen LogP contribution in [0.25, 0.3) is 0 Å². The fraction of sp³-hybridized carbons (Fsp3) is 0.143. The van der Waals surface area contributed by atoms with Crippen LogP contribution in [0.15, 0.2) is 40.9 Å². The molecule has 100 valence electrons. The minimum absolute atomic E-state index is 0.00224. The number of phenolic OH excluding ortho intramolecular Hbond substituents is 2. The number of anilines is 1. The van der Waals surface area contributed by atoms with E-state index in [2.05, 4.69) is 21.2 Å². The Morgan fingerprint density at radius 3 is 2.37 bits per heavy atom. The van der Waals surface area contributed by atoms with Gasteiger partial charge in [-0.3, -0.25) is 0 Å². The van der Waals surface area contributed by atoms with Crippen molar-refractivity contribution < 1.29 is 14.6 Å². The van der Waals surface area contributed by atoms with Gasteiger partial charge < -0.3 is 15.5 Å². The highest BCUT2D eigenvalue weighted by atomic mass is 79.9. The Bertz CT molecular complexity index is 584. The van der Waals surface area contributed by atoms with Crippen molar-refractivity contribution in [2.24, 2.45) is 0 Å². The summed E-state index contributed by atoms with van der Waals surface area (Å²) in [5, 5.41) is 22.5. The predicted octanol–water partition coefficient (Wildman–Crippen LogP) is 4.17. The summed E-state index contributed by atoms with van der Waals surface area (Å²) >= 11 is 3.08. The lowest BCUT2D eigenvalue weighted by Gasteiger charge is -2.18. The molecule has 2 aromatic carbocycles. The number of hydrogen-bond donors (Lipinski definition) is 3. The quantitative estimate of drug-likeness (QED) is 0.793. The Morgan fingerprint density at radius 1 is 1.16 bits per heavy atom. The number of aromatic hydroxyl groups is 2. The van der Waals surface area contributed by atoms with E-state index in [-0.39, 0.29) is 23.4 Å². The Morgan fingerprint density at radius 2 is 1.79 bits per heavy atom. The Labute approximate surface area is 118 Å². The molecule has 0 radical (unpaired) electrons. The summed E-state index contributed by atoms with van der Waals surface area (Å²) in [4.78, 5) is 0. The van der Waals surface area contributed by atoms with Crippen LogP contribution in [0.2, 0.25) is 0 Å². The number of benzene rings is 2. The lowest BCUT2D eigenvalue weighted by Crippen LogP contribution is -2.07. The van der Waals surface area contributed by atoms with Crippen LogP contribution in [-0.4, -0.2) is 10.2 Å². The summed E-state index contributed by atoms with van der Waals surface area (Å²) in [5.41, 5.74) is 0.946. The van der Waals surface area contributed by atoms with Gasteiger partial charge in [0, 0.05) is 5.69 Å². The topological polar surface area (TPSA) is 52.5 Å². The van der Waals surface area contributed by atoms with Crippen LogP contribution in [-0.2, 0) is 0 Å². The molecule has 1 unspecified atom stereocenters. The largest absolute Gasteiger partial charge is 0.507 e. The van der Waals surface area contributed by atoms with Crippen molar-refractivity contribution in [3.8, 4) is 11.5 Å². The third-order valence-corrected chi connectivity index (χ3v) is 3.44. The van der Waals surface area contributed by atoms with Crippen LogP contribution in [0.1, 0.15) is 18.5 Å². The van der Waals surface area contributed by atoms with E-state index in [0.717, 1.165) is 0 Å². The molecule has 5 heteroatoms. The molecule has 0 fully saturated rings. The van der Waals surface area contributed by atoms with Gasteiger partial charge in [-0.05, 0) is 53.2 Å². The van der Waals surface area contributed by atoms with Crippen molar-refractivity contribution in [3.05, 3.63) is 52.3 Å². The first kappa shape index (κ1) is 13.7. The van der Waals surface area contributed by atoms with Gasteiger partial charge in [-0.1, -0.05) is 6.07 Å². The molecule has 0 bridgehead atoms. The summed E-state index contributed by atoms with van der Waals surface area (Å²) in [6, 6.07) is 8.83. The molecule has 0 saturated heterocycles. The zero-order chi connectivity index (χ0) is 14.0. The maximum atomic E-state index is 13.4. The molecule has 19 heavy (non-hydrogen) atoms. The first-order chi connectivity index (χ1) is 8.99. The maximum absolute atomic E-state index is 13.4. The second-order valence-corrected chi connectivity index (χ2v) is 5.06. The van der Waals surface area contributed by atoms with Gasteiger partial charge in [0.05, 0.1) is 16.1 Å². The fourth-order valence-corrected chi connectivity index (χ4v) is 2.14. The highest BCUT2D eigenvalue weighted by Crippen LogP contribution is 2.34. The second-order valence-electron chi connectivity index (χ2n) is 4.20. The fourth-order valence-electron chi connectivity index (χ4n) is 1.89. The average molecular weight is 326 g/mol. The minimum Gasteiger partial charge on any atom is -0.507 e. The molecule has 0 aliphatic carbocycles. The minimum atomic E-state index is -0.376. The molecule has 0 heterocycles. The first-order valence-corrected chi connectivity index (χ1v) is 6.50. The van der Waals surface area contributed by atoms with Crippen molar-refractivity contribution in [3.63, 3.8) is 0 Å². The standard InChI is InChI=1S/C14H13BrFNO2/c1-8(14-12(18)3-2-4-13(14)19)17-9-5-6-10(15)11(16)7-9/h2-8,17-19H,1H3. The van der Waals surface area contributed by atoms with Gasteiger partial charge in [-0.25, -0.2) is 4.39 Å². The van der Waals surface area contributed by atoms with E-state index in [1.807, 2.05) is 0 Å². The van der Waals surface area contributed by atoms with E-state index in [4.69, 9.17) is 0 Å². The van der Waals surface area contributed by atoms with Crippen molar-refractivity contribution in [1.82, 2.24) is 0 Å². The van der Waals surface area contributed by atoms with Gasteiger partial charge in [-0.2, -0.15) is 0 Å². The van der Waals surface area contributed by atoms with Crippen molar-refractivity contribution in [2.45, 2.75) is 13.0 Å². The zero-order valence-electron chi connectivity index (χ0n) is 10.2. The lowest BCUT2D eigenvalue weighted by molar-refractivity contribution is 0.434. The van der Waals surface area contributed by atoms with Gasteiger partial charge in [0.25, 0.3) is 0 Å². The number of halogens is 2. The summed E-state index contributed by atoms with van der Waals surface area (Å²) in [7, 11) is 0. The monoisotopic (exact) mass is 325 g/mol. The predicted molar refractivity (Wildman–Crippen MR) is 75.9 cm³/mol. The van der Waals surface area contributed by atoms with Gasteiger partial charge in [0.15, 0.2) is 0 Å². The molecule has 0 amide bonds. The molecule has 0 saturated carbocycles. The Balaban J connectivity index is 2.25. The third kappa shape index (κ3) is 2.98. The highest BCUT2D eigenvalue weighted by molar-refractivity contribution is 9.10. The average Bonchev–Trinajstić information content (AvgIpc) is 2.33. The first-order valence-electron chi connectivity index (χ1n) is 5.71. The van der Waals surface area contributed by atoms with Crippen molar-refractivity contribution in [1.29, 1.82) is 0 Å². The van der Waals surface area contributed by atoms with Crippen molar-refractivity contribution in [2.75, 3.05) is 5.32 Å². The van der Waals surface area contributed by atoms with Gasteiger partial charge in [0.1, 0.15) is 17.3 Å². The molecule has 2 rings (SSSR count). The van der Waals surface area contributed by atoms with Gasteiger partial charge in [0.2, 0.25) is 0 Å². The molecule has 0 aliphatic heterocycles. The van der Waals surface area contributed by atoms with Gasteiger partial charge in [-0.15, -0.1) is 0 Å². The van der Waals surface area contributed by atoms with E-state index < -0.39 is 0 Å². The van der Waals surface area contributed by atoms with Crippen LogP contribution in [0.4, 0.5) is 10.1 Å². The molecule has 3 N–H and O–H groups in total. The van der Waals surface area contributed by atoms with Crippen LogP contribution < -0.4 is 5.32 Å². The molecule has 3 nitrogen and oxygen atoms in total. The normalized spacial score (nSPS) is 12.2. The van der Waals surface area contributed by atoms with Gasteiger partial charge >= 0.3 is 0 Å². The molecular formula is C14H13BrFNO2. The number of phenols is 2. The molecular weight excluding hydrogens is 313 g/mol. The van der Waals surface area contributed by atoms with Crippen LogP contribution in [0, 0.1) is 5.82 Å². The van der Waals surface area contributed by atoms with Crippen molar-refractivity contribution >= 4 is 21.6 Å². The molecule has 1 atom stereocenters. The second kappa shape index (κ2) is 5.48. The van der Waals surface area contributed by atoms with E-state index in [0.29, 0.717) is 15.7 Å². The summed E-state index contributed by atoms with van der Waals surface area (Å²) in [6.45, 7) is 1.77. The number of rotatable bonds is 3. The summed E-state index contributed by atoms with van der Waals surface area (Å²) in [5.74, 6) is -0.381. The maximum Gasteiger partial charge on any atom is 0.139 e. The van der Waals surface area contributed by atoms with E-state index in [9.17, 15) is 14.6 Å². The van der Waals surface area contributed by atoms with Crippen LogP contribution >= 0.6 is 15.9 Å². The van der Waals surface area contributed by atoms with E-state index in [1.54, 1.807) is 25.1 Å². The zero-order valence-corrected chi connectivity index (χ0v) is 11.8. The van der Waals surface area contributed by atoms with E-state index >= 15 is 0 Å². The smallest absolute Gasteiger partial charge is 0.139 e. The molecule has 2 aromatic rings. The Kier molecular flexibility index (Phi) is 3.95. The summed E-state index contributed by atoms with van der Waals surface area (Å²) in [6.07, 6.45) is 0. The van der Waals surface area contributed by atoms with Crippen LogP contribution in [0.5, 0.6) is 11.5 Å². The number of hydrogen-bond acceptors (Lipinski definition) is 3. The molecule has 0 spiro atoms. The molecule has 0 aliphatic rings. The third-order valence-electron chi connectivity index (χ3n) is 2.80. The van der Waals surface area contributed by atoms with E-state index in [1.165, 1.54) is 18.2 Å². The molecule has 0 aromatic heterocycles. The summed E-state index contributed by atoms with van der Waals surface area (Å²) < 4.78 is 13.8. The number of nitrogens with one attached hydrogen (secondary N) is 1. The van der Waals surface area contributed by atoms with Crippen LogP contribution in [0.3, 0.4) is 0 Å². The lowest BCUT2D eigenvalue weighted by atomic mass is 10.1. The Hall–Kier alpha value is -1.75. The SMILES string of the molecule is CC(Nc1ccc(Br)c(F)c1)c1c(O)cccc1O. The highest BCUT2D eigenvalue weighted by Gasteiger charge is 2.15.